The summed E-state index contributed by atoms with van der Waals surface area (Å²) in [6.45, 7) is 7.62. The fourth-order valence-electron chi connectivity index (χ4n) is 2.85. The molecule has 118 valence electrons. The van der Waals surface area contributed by atoms with Crippen molar-refractivity contribution in [2.24, 2.45) is 0 Å². The number of carbonyl (C=O) groups is 1. The number of likely N-dealkylation sites (tertiary alicyclic amines) is 1. The highest BCUT2D eigenvalue weighted by atomic mass is 16.5. The summed E-state index contributed by atoms with van der Waals surface area (Å²) in [6, 6.07) is 0.0934. The third-order valence-corrected chi connectivity index (χ3v) is 4.14. The smallest absolute Gasteiger partial charge is 0.222 e. The summed E-state index contributed by atoms with van der Waals surface area (Å²) in [5.41, 5.74) is 0. The molecule has 2 rings (SSSR count). The molecule has 0 bridgehead atoms. The second-order valence-corrected chi connectivity index (χ2v) is 5.44. The fraction of sp³-hybridized carbons (Fsp3) is 0.733. The molecule has 0 aromatic carbocycles. The quantitative estimate of drug-likeness (QED) is 0.803. The number of imidazole rings is 1. The monoisotopic (exact) mass is 294 g/mol. The van der Waals surface area contributed by atoms with Gasteiger partial charge in [0.25, 0.3) is 0 Å². The first kappa shape index (κ1) is 16.0. The Labute approximate surface area is 126 Å². The van der Waals surface area contributed by atoms with Crippen molar-refractivity contribution in [2.45, 2.75) is 45.4 Å². The first-order valence-corrected chi connectivity index (χ1v) is 7.72. The van der Waals surface area contributed by atoms with E-state index in [1.54, 1.807) is 13.3 Å². The van der Waals surface area contributed by atoms with E-state index >= 15 is 0 Å². The number of ether oxygens (including phenoxy) is 1. The van der Waals surface area contributed by atoms with Gasteiger partial charge in [-0.25, -0.2) is 4.98 Å². The number of rotatable bonds is 7. The summed E-state index contributed by atoms with van der Waals surface area (Å²) < 4.78 is 7.51. The van der Waals surface area contributed by atoms with Gasteiger partial charge in [-0.3, -0.25) is 9.69 Å². The van der Waals surface area contributed by atoms with Gasteiger partial charge in [0, 0.05) is 52.0 Å². The summed E-state index contributed by atoms with van der Waals surface area (Å²) in [5, 5.41) is 3.10. The van der Waals surface area contributed by atoms with Crippen molar-refractivity contribution in [1.82, 2.24) is 19.8 Å². The summed E-state index contributed by atoms with van der Waals surface area (Å²) in [5.74, 6) is 1.10. The molecule has 6 nitrogen and oxygen atoms in total. The van der Waals surface area contributed by atoms with Crippen LogP contribution in [0, 0.1) is 0 Å². The molecule has 6 heteroatoms. The van der Waals surface area contributed by atoms with Gasteiger partial charge < -0.3 is 14.6 Å². The number of aromatic nitrogens is 2. The first-order valence-electron chi connectivity index (χ1n) is 7.72. The summed E-state index contributed by atoms with van der Waals surface area (Å²) in [4.78, 5) is 18.7. The molecule has 2 heterocycles. The van der Waals surface area contributed by atoms with Crippen molar-refractivity contribution in [1.29, 1.82) is 0 Å². The first-order chi connectivity index (χ1) is 10.2. The van der Waals surface area contributed by atoms with Gasteiger partial charge in [-0.1, -0.05) is 13.8 Å². The number of nitrogens with one attached hydrogen (secondary N) is 1. The molecule has 2 atom stereocenters. The fourth-order valence-corrected chi connectivity index (χ4v) is 2.85. The van der Waals surface area contributed by atoms with Gasteiger partial charge in [0.15, 0.2) is 0 Å². The van der Waals surface area contributed by atoms with Crippen LogP contribution in [0.2, 0.25) is 0 Å². The Morgan fingerprint density at radius 2 is 2.29 bits per heavy atom. The van der Waals surface area contributed by atoms with Gasteiger partial charge in [-0.15, -0.1) is 0 Å². The zero-order valence-electron chi connectivity index (χ0n) is 13.2. The minimum absolute atomic E-state index is 0.0794. The summed E-state index contributed by atoms with van der Waals surface area (Å²) in [7, 11) is 1.71. The number of hydrogen-bond acceptors (Lipinski definition) is 4. The summed E-state index contributed by atoms with van der Waals surface area (Å²) >= 11 is 0. The maximum atomic E-state index is 12.1. The van der Waals surface area contributed by atoms with Crippen molar-refractivity contribution >= 4 is 5.91 Å². The topological polar surface area (TPSA) is 59.4 Å². The van der Waals surface area contributed by atoms with Crippen LogP contribution in [-0.4, -0.2) is 59.2 Å². The van der Waals surface area contributed by atoms with E-state index in [9.17, 15) is 4.79 Å². The standard InChI is InChI=1S/C15H26N4O2/c1-4-14-16-7-9-19(14)8-6-15(20)17-12-10-18(5-2)11-13(12)21-3/h7,9,12-13H,4-6,8,10-11H2,1-3H3,(H,17,20)/t12-,13-/m0/s1. The molecule has 0 aliphatic carbocycles. The number of likely N-dealkylation sites (N-methyl/N-ethyl adjacent to an activating group) is 1. The van der Waals surface area contributed by atoms with Crippen LogP contribution in [0.3, 0.4) is 0 Å². The van der Waals surface area contributed by atoms with Gasteiger partial charge in [0.2, 0.25) is 5.91 Å². The molecule has 1 aliphatic heterocycles. The molecule has 1 N–H and O–H groups in total. The third-order valence-electron chi connectivity index (χ3n) is 4.14. The SMILES string of the molecule is CCc1nccn1CCC(=O)N[C@H]1CN(CC)C[C@@H]1OC. The van der Waals surface area contributed by atoms with Gasteiger partial charge in [-0.2, -0.15) is 0 Å². The van der Waals surface area contributed by atoms with Crippen molar-refractivity contribution < 1.29 is 9.53 Å². The largest absolute Gasteiger partial charge is 0.378 e. The molecular weight excluding hydrogens is 268 g/mol. The minimum atomic E-state index is 0.0794. The van der Waals surface area contributed by atoms with Crippen molar-refractivity contribution in [3.8, 4) is 0 Å². The Kier molecular flexibility index (Phi) is 5.76. The lowest BCUT2D eigenvalue weighted by molar-refractivity contribution is -0.122. The third kappa shape index (κ3) is 4.04. The molecule has 21 heavy (non-hydrogen) atoms. The zero-order valence-corrected chi connectivity index (χ0v) is 13.2. The van der Waals surface area contributed by atoms with E-state index in [0.717, 1.165) is 31.9 Å². The Hall–Kier alpha value is -1.40. The molecule has 0 spiro atoms. The molecular formula is C15H26N4O2. The van der Waals surface area contributed by atoms with Gasteiger partial charge >= 0.3 is 0 Å². The lowest BCUT2D eigenvalue weighted by atomic mass is 10.2. The van der Waals surface area contributed by atoms with E-state index in [2.05, 4.69) is 29.0 Å². The maximum absolute atomic E-state index is 12.1. The molecule has 0 unspecified atom stereocenters. The van der Waals surface area contributed by atoms with E-state index in [-0.39, 0.29) is 18.1 Å². The lowest BCUT2D eigenvalue weighted by Gasteiger charge is -2.18. The highest BCUT2D eigenvalue weighted by molar-refractivity contribution is 5.76. The number of hydrogen-bond donors (Lipinski definition) is 1. The van der Waals surface area contributed by atoms with Gasteiger partial charge in [0.1, 0.15) is 5.82 Å². The maximum Gasteiger partial charge on any atom is 0.222 e. The van der Waals surface area contributed by atoms with Crippen LogP contribution in [0.1, 0.15) is 26.1 Å². The van der Waals surface area contributed by atoms with Crippen LogP contribution in [0.5, 0.6) is 0 Å². The molecule has 1 saturated heterocycles. The van der Waals surface area contributed by atoms with E-state index in [0.29, 0.717) is 13.0 Å². The number of methoxy groups -OCH3 is 1. The highest BCUT2D eigenvalue weighted by Crippen LogP contribution is 2.13. The number of carbonyl (C=O) groups excluding carboxylic acids is 1. The van der Waals surface area contributed by atoms with E-state index in [1.165, 1.54) is 0 Å². The van der Waals surface area contributed by atoms with Crippen LogP contribution in [0.25, 0.3) is 0 Å². The Bertz CT molecular complexity index is 460. The number of amides is 1. The van der Waals surface area contributed by atoms with Crippen LogP contribution in [-0.2, 0) is 22.5 Å². The number of nitrogens with zero attached hydrogens (tertiary/aromatic N) is 3. The van der Waals surface area contributed by atoms with Crippen molar-refractivity contribution in [2.75, 3.05) is 26.7 Å². The average molecular weight is 294 g/mol. The van der Waals surface area contributed by atoms with Crippen molar-refractivity contribution in [3.05, 3.63) is 18.2 Å². The zero-order chi connectivity index (χ0) is 15.2. The Morgan fingerprint density at radius 3 is 2.95 bits per heavy atom. The van der Waals surface area contributed by atoms with Crippen LogP contribution in [0.4, 0.5) is 0 Å². The highest BCUT2D eigenvalue weighted by Gasteiger charge is 2.32. The lowest BCUT2D eigenvalue weighted by Crippen LogP contribution is -2.43. The summed E-state index contributed by atoms with van der Waals surface area (Å²) in [6.07, 6.45) is 5.16. The van der Waals surface area contributed by atoms with E-state index < -0.39 is 0 Å². The van der Waals surface area contributed by atoms with Crippen LogP contribution in [0.15, 0.2) is 12.4 Å². The normalized spacial score (nSPS) is 22.6. The van der Waals surface area contributed by atoms with E-state index in [4.69, 9.17) is 4.74 Å². The molecule has 1 aromatic rings. The number of aryl methyl sites for hydroxylation is 2. The second-order valence-electron chi connectivity index (χ2n) is 5.44. The Balaban J connectivity index is 1.81. The predicted octanol–water partition coefficient (Wildman–Crippen LogP) is 0.671. The van der Waals surface area contributed by atoms with Gasteiger partial charge in [-0.05, 0) is 6.54 Å². The minimum Gasteiger partial charge on any atom is -0.378 e. The van der Waals surface area contributed by atoms with Crippen LogP contribution < -0.4 is 5.32 Å². The molecule has 1 aromatic heterocycles. The Morgan fingerprint density at radius 1 is 1.48 bits per heavy atom. The molecule has 0 radical (unpaired) electrons. The predicted molar refractivity (Wildman–Crippen MR) is 81.1 cm³/mol. The van der Waals surface area contributed by atoms with Gasteiger partial charge in [0.05, 0.1) is 12.1 Å². The molecule has 1 fully saturated rings. The second kappa shape index (κ2) is 7.56. The van der Waals surface area contributed by atoms with E-state index in [1.807, 2.05) is 10.8 Å². The molecule has 1 aliphatic rings. The van der Waals surface area contributed by atoms with Crippen molar-refractivity contribution in [3.63, 3.8) is 0 Å². The average Bonchev–Trinajstić information content (AvgIpc) is 3.10. The molecule has 0 saturated carbocycles. The van der Waals surface area contributed by atoms with Crippen LogP contribution >= 0.6 is 0 Å². The molecule has 1 amide bonds.